The molecule has 0 aromatic carbocycles. The van der Waals surface area contributed by atoms with Gasteiger partial charge in [-0.2, -0.15) is 4.39 Å². The standard InChI is InChI=1S/C12H10FN3O3S/c1-20(18,19)11-6-5-8(7-14-11)15-12(17)9-3-2-4-10(13)16-9/h2-7H,1H3,(H,15,17). The molecule has 0 bridgehead atoms. The number of hydrogen-bond donors (Lipinski definition) is 1. The molecular weight excluding hydrogens is 285 g/mol. The third kappa shape index (κ3) is 3.35. The number of aromatic nitrogens is 2. The summed E-state index contributed by atoms with van der Waals surface area (Å²) in [4.78, 5) is 18.9. The second kappa shape index (κ2) is 5.33. The molecule has 0 saturated carbocycles. The Balaban J connectivity index is 2.16. The lowest BCUT2D eigenvalue weighted by Gasteiger charge is -2.05. The Labute approximate surface area is 114 Å². The molecule has 0 unspecified atom stereocenters. The van der Waals surface area contributed by atoms with Crippen LogP contribution >= 0.6 is 0 Å². The summed E-state index contributed by atoms with van der Waals surface area (Å²) in [6.45, 7) is 0. The van der Waals surface area contributed by atoms with Crippen molar-refractivity contribution in [3.8, 4) is 0 Å². The van der Waals surface area contributed by atoms with Gasteiger partial charge in [0.2, 0.25) is 5.95 Å². The molecular formula is C12H10FN3O3S. The highest BCUT2D eigenvalue weighted by molar-refractivity contribution is 7.90. The minimum Gasteiger partial charge on any atom is -0.319 e. The summed E-state index contributed by atoms with van der Waals surface area (Å²) in [5.74, 6) is -1.37. The average Bonchev–Trinajstić information content (AvgIpc) is 2.38. The molecule has 8 heteroatoms. The van der Waals surface area contributed by atoms with E-state index in [9.17, 15) is 17.6 Å². The van der Waals surface area contributed by atoms with Crippen LogP contribution < -0.4 is 5.32 Å². The number of carbonyl (C=O) groups is 1. The summed E-state index contributed by atoms with van der Waals surface area (Å²) in [5, 5.41) is 2.34. The molecule has 104 valence electrons. The molecule has 0 radical (unpaired) electrons. The van der Waals surface area contributed by atoms with Crippen molar-refractivity contribution in [3.05, 3.63) is 48.2 Å². The molecule has 1 amide bonds. The van der Waals surface area contributed by atoms with Crippen molar-refractivity contribution < 1.29 is 17.6 Å². The fourth-order valence-corrected chi connectivity index (χ4v) is 1.96. The van der Waals surface area contributed by atoms with Crippen molar-refractivity contribution in [1.29, 1.82) is 0 Å². The summed E-state index contributed by atoms with van der Waals surface area (Å²) < 4.78 is 35.3. The van der Waals surface area contributed by atoms with Gasteiger partial charge in [0.05, 0.1) is 11.9 Å². The molecule has 2 aromatic heterocycles. The topological polar surface area (TPSA) is 89.0 Å². The highest BCUT2D eigenvalue weighted by Crippen LogP contribution is 2.11. The van der Waals surface area contributed by atoms with Crippen LogP contribution in [-0.4, -0.2) is 30.5 Å². The normalized spacial score (nSPS) is 11.1. The van der Waals surface area contributed by atoms with Crippen molar-refractivity contribution in [2.45, 2.75) is 5.03 Å². The van der Waals surface area contributed by atoms with E-state index in [0.29, 0.717) is 0 Å². The Hall–Kier alpha value is -2.35. The van der Waals surface area contributed by atoms with Gasteiger partial charge in [-0.25, -0.2) is 18.4 Å². The van der Waals surface area contributed by atoms with Crippen LogP contribution in [0.15, 0.2) is 41.6 Å². The third-order valence-corrected chi connectivity index (χ3v) is 3.32. The van der Waals surface area contributed by atoms with Crippen LogP contribution in [-0.2, 0) is 9.84 Å². The minimum atomic E-state index is -3.39. The number of rotatable bonds is 3. The van der Waals surface area contributed by atoms with Crippen LogP contribution in [0.4, 0.5) is 10.1 Å². The number of carbonyl (C=O) groups excluding carboxylic acids is 1. The zero-order chi connectivity index (χ0) is 14.8. The second-order valence-corrected chi connectivity index (χ2v) is 5.92. The van der Waals surface area contributed by atoms with Crippen LogP contribution in [0.2, 0.25) is 0 Å². The van der Waals surface area contributed by atoms with E-state index in [4.69, 9.17) is 0 Å². The van der Waals surface area contributed by atoms with Crippen molar-refractivity contribution >= 4 is 21.4 Å². The number of halogens is 1. The van der Waals surface area contributed by atoms with Crippen LogP contribution in [0.1, 0.15) is 10.5 Å². The minimum absolute atomic E-state index is 0.0859. The number of anilines is 1. The van der Waals surface area contributed by atoms with Crippen LogP contribution in [0.5, 0.6) is 0 Å². The van der Waals surface area contributed by atoms with E-state index >= 15 is 0 Å². The van der Waals surface area contributed by atoms with Crippen molar-refractivity contribution in [3.63, 3.8) is 0 Å². The van der Waals surface area contributed by atoms with Gasteiger partial charge in [-0.3, -0.25) is 4.79 Å². The molecule has 0 saturated heterocycles. The number of sulfone groups is 1. The Morgan fingerprint density at radius 1 is 1.25 bits per heavy atom. The lowest BCUT2D eigenvalue weighted by molar-refractivity contribution is 0.102. The van der Waals surface area contributed by atoms with Gasteiger partial charge in [-0.15, -0.1) is 0 Å². The quantitative estimate of drug-likeness (QED) is 0.861. The maximum atomic E-state index is 12.9. The van der Waals surface area contributed by atoms with Crippen molar-refractivity contribution in [2.24, 2.45) is 0 Å². The summed E-state index contributed by atoms with van der Waals surface area (Å²) in [6, 6.07) is 6.50. The van der Waals surface area contributed by atoms with E-state index in [1.54, 1.807) is 0 Å². The largest absolute Gasteiger partial charge is 0.319 e. The molecule has 0 aliphatic rings. The van der Waals surface area contributed by atoms with E-state index in [0.717, 1.165) is 12.3 Å². The zero-order valence-corrected chi connectivity index (χ0v) is 11.2. The summed E-state index contributed by atoms with van der Waals surface area (Å²) in [5.41, 5.74) is 0.200. The van der Waals surface area contributed by atoms with Crippen molar-refractivity contribution in [2.75, 3.05) is 11.6 Å². The number of nitrogens with one attached hydrogen (secondary N) is 1. The second-order valence-electron chi connectivity index (χ2n) is 3.96. The lowest BCUT2D eigenvalue weighted by Crippen LogP contribution is -2.14. The Morgan fingerprint density at radius 3 is 2.55 bits per heavy atom. The highest BCUT2D eigenvalue weighted by atomic mass is 32.2. The summed E-state index contributed by atoms with van der Waals surface area (Å²) in [7, 11) is -3.39. The van der Waals surface area contributed by atoms with Gasteiger partial charge in [0.1, 0.15) is 5.69 Å². The van der Waals surface area contributed by atoms with E-state index in [-0.39, 0.29) is 16.4 Å². The molecule has 0 aliphatic heterocycles. The van der Waals surface area contributed by atoms with Crippen LogP contribution in [0.3, 0.4) is 0 Å². The molecule has 6 nitrogen and oxygen atoms in total. The molecule has 2 heterocycles. The monoisotopic (exact) mass is 295 g/mol. The SMILES string of the molecule is CS(=O)(=O)c1ccc(NC(=O)c2cccc(F)n2)cn1. The number of nitrogens with zero attached hydrogens (tertiary/aromatic N) is 2. The van der Waals surface area contributed by atoms with E-state index in [1.807, 2.05) is 0 Å². The third-order valence-electron chi connectivity index (χ3n) is 2.32. The first kappa shape index (κ1) is 14.1. The Bertz CT molecular complexity index is 745. The van der Waals surface area contributed by atoms with Gasteiger partial charge in [0, 0.05) is 6.26 Å². The fraction of sp³-hybridized carbons (Fsp3) is 0.0833. The molecule has 2 rings (SSSR count). The van der Waals surface area contributed by atoms with Gasteiger partial charge in [0.15, 0.2) is 14.9 Å². The molecule has 0 aliphatic carbocycles. The van der Waals surface area contributed by atoms with Crippen molar-refractivity contribution in [1.82, 2.24) is 9.97 Å². The maximum absolute atomic E-state index is 12.9. The number of pyridine rings is 2. The fourth-order valence-electron chi connectivity index (χ4n) is 1.40. The first-order valence-electron chi connectivity index (χ1n) is 5.46. The summed E-state index contributed by atoms with van der Waals surface area (Å²) >= 11 is 0. The highest BCUT2D eigenvalue weighted by Gasteiger charge is 2.11. The maximum Gasteiger partial charge on any atom is 0.274 e. The molecule has 1 N–H and O–H groups in total. The van der Waals surface area contributed by atoms with E-state index < -0.39 is 21.7 Å². The van der Waals surface area contributed by atoms with Crippen LogP contribution in [0, 0.1) is 5.95 Å². The Kier molecular flexibility index (Phi) is 3.75. The van der Waals surface area contributed by atoms with Crippen LogP contribution in [0.25, 0.3) is 0 Å². The molecule has 20 heavy (non-hydrogen) atoms. The average molecular weight is 295 g/mol. The predicted octanol–water partition coefficient (Wildman–Crippen LogP) is 1.27. The summed E-state index contributed by atoms with van der Waals surface area (Å²) in [6.07, 6.45) is 2.23. The number of hydrogen-bond acceptors (Lipinski definition) is 5. The van der Waals surface area contributed by atoms with Gasteiger partial charge < -0.3 is 5.32 Å². The smallest absolute Gasteiger partial charge is 0.274 e. The zero-order valence-electron chi connectivity index (χ0n) is 10.4. The van der Waals surface area contributed by atoms with Gasteiger partial charge in [-0.1, -0.05) is 6.07 Å². The molecule has 2 aromatic rings. The van der Waals surface area contributed by atoms with E-state index in [1.165, 1.54) is 30.5 Å². The van der Waals surface area contributed by atoms with E-state index in [2.05, 4.69) is 15.3 Å². The molecule has 0 atom stereocenters. The first-order chi connectivity index (χ1) is 9.36. The van der Waals surface area contributed by atoms with Gasteiger partial charge in [-0.05, 0) is 24.3 Å². The molecule has 0 fully saturated rings. The lowest BCUT2D eigenvalue weighted by atomic mass is 10.3. The van der Waals surface area contributed by atoms with Gasteiger partial charge >= 0.3 is 0 Å². The number of amides is 1. The van der Waals surface area contributed by atoms with Gasteiger partial charge in [0.25, 0.3) is 5.91 Å². The molecule has 0 spiro atoms. The predicted molar refractivity (Wildman–Crippen MR) is 69.5 cm³/mol. The first-order valence-corrected chi connectivity index (χ1v) is 7.35. The Morgan fingerprint density at radius 2 is 2.00 bits per heavy atom.